The molecule has 0 bridgehead atoms. The van der Waals surface area contributed by atoms with Crippen LogP contribution in [0.3, 0.4) is 0 Å². The van der Waals surface area contributed by atoms with Gasteiger partial charge in [0.1, 0.15) is 36.8 Å². The predicted octanol–water partition coefficient (Wildman–Crippen LogP) is 5.91. The second kappa shape index (κ2) is 19.2. The van der Waals surface area contributed by atoms with Crippen LogP contribution in [0.1, 0.15) is 56.4 Å². The zero-order chi connectivity index (χ0) is 35.9. The summed E-state index contributed by atoms with van der Waals surface area (Å²) in [5.41, 5.74) is 3.65. The lowest BCUT2D eigenvalue weighted by atomic mass is 9.87. The molecule has 3 N–H and O–H groups in total. The normalized spacial score (nSPS) is 12.8. The van der Waals surface area contributed by atoms with Crippen LogP contribution in [0.15, 0.2) is 109 Å². The van der Waals surface area contributed by atoms with Gasteiger partial charge in [-0.1, -0.05) is 113 Å². The van der Waals surface area contributed by atoms with E-state index in [1.54, 1.807) is 0 Å². The van der Waals surface area contributed by atoms with Crippen LogP contribution in [0.4, 0.5) is 0 Å². The highest BCUT2D eigenvalue weighted by molar-refractivity contribution is 6.13. The Hall–Kier alpha value is -5.05. The van der Waals surface area contributed by atoms with Crippen LogP contribution in [-0.2, 0) is 40.4 Å². The first-order valence-electron chi connectivity index (χ1n) is 17.2. The van der Waals surface area contributed by atoms with Gasteiger partial charge in [0.15, 0.2) is 0 Å². The van der Waals surface area contributed by atoms with Crippen LogP contribution in [0.2, 0.25) is 0 Å². The van der Waals surface area contributed by atoms with E-state index < -0.39 is 23.9 Å². The van der Waals surface area contributed by atoms with Gasteiger partial charge in [-0.05, 0) is 70.7 Å². The number of nitrogens with one attached hydrogen (secondary N) is 3. The van der Waals surface area contributed by atoms with Crippen LogP contribution in [0.5, 0.6) is 11.5 Å². The molecule has 3 amide bonds. The van der Waals surface area contributed by atoms with Crippen LogP contribution in [-0.4, -0.2) is 43.6 Å². The molecule has 0 aliphatic carbocycles. The van der Waals surface area contributed by atoms with Crippen molar-refractivity contribution in [3.05, 3.63) is 131 Å². The van der Waals surface area contributed by atoms with Crippen LogP contribution >= 0.6 is 0 Å². The van der Waals surface area contributed by atoms with E-state index >= 15 is 0 Å². The van der Waals surface area contributed by atoms with Gasteiger partial charge in [0.05, 0.1) is 14.3 Å². The van der Waals surface area contributed by atoms with Gasteiger partial charge in [-0.2, -0.15) is 0 Å². The van der Waals surface area contributed by atoms with Gasteiger partial charge in [0, 0.05) is 6.42 Å². The van der Waals surface area contributed by atoms with Gasteiger partial charge in [-0.3, -0.25) is 14.4 Å². The molecule has 4 aromatic carbocycles. The van der Waals surface area contributed by atoms with Crippen molar-refractivity contribution in [3.63, 3.8) is 0 Å². The number of carbonyl (C=O) groups is 3. The highest BCUT2D eigenvalue weighted by atomic mass is 16.5. The average molecular weight is 674 g/mol. The zero-order valence-electron chi connectivity index (χ0n) is 29.4. The van der Waals surface area contributed by atoms with E-state index in [1.165, 1.54) is 0 Å². The fourth-order valence-corrected chi connectivity index (χ4v) is 5.45. The number of rotatable bonds is 18. The van der Waals surface area contributed by atoms with Crippen LogP contribution in [0.25, 0.3) is 0 Å². The van der Waals surface area contributed by atoms with Gasteiger partial charge in [-0.25, -0.2) is 0 Å². The number of ether oxygens (including phenoxy) is 2. The predicted molar refractivity (Wildman–Crippen MR) is 198 cm³/mol. The highest BCUT2D eigenvalue weighted by Gasteiger charge is 2.29. The van der Waals surface area contributed by atoms with E-state index in [9.17, 15) is 14.4 Å². The first-order valence-corrected chi connectivity index (χ1v) is 17.2. The second-order valence-electron chi connectivity index (χ2n) is 13.3. The van der Waals surface area contributed by atoms with Crippen molar-refractivity contribution in [1.29, 1.82) is 0 Å². The Balaban J connectivity index is 1.45. The lowest BCUT2D eigenvalue weighted by Crippen LogP contribution is -2.57. The van der Waals surface area contributed by atoms with Gasteiger partial charge in [0.2, 0.25) is 17.7 Å². The summed E-state index contributed by atoms with van der Waals surface area (Å²) in [5, 5.41) is 8.64. The Morgan fingerprint density at radius 2 is 1.20 bits per heavy atom. The molecule has 4 aromatic rings. The molecule has 0 aromatic heterocycles. The maximum Gasteiger partial charge on any atom is 0.243 e. The Bertz CT molecular complexity index is 1650. The first-order chi connectivity index (χ1) is 24.0. The van der Waals surface area contributed by atoms with E-state index in [4.69, 9.17) is 17.3 Å². The lowest BCUT2D eigenvalue weighted by molar-refractivity contribution is -0.132. The average Bonchev–Trinajstić information content (AvgIpc) is 3.09. The van der Waals surface area contributed by atoms with Crippen molar-refractivity contribution in [2.45, 2.75) is 78.2 Å². The summed E-state index contributed by atoms with van der Waals surface area (Å²) in [6.07, 6.45) is 0.847. The highest BCUT2D eigenvalue weighted by Crippen LogP contribution is 2.18. The molecule has 9 heteroatoms. The van der Waals surface area contributed by atoms with Gasteiger partial charge >= 0.3 is 0 Å². The smallest absolute Gasteiger partial charge is 0.243 e. The minimum Gasteiger partial charge on any atom is -0.489 e. The summed E-state index contributed by atoms with van der Waals surface area (Å²) >= 11 is 0. The number of carbonyl (C=O) groups excluding carboxylic acids is 3. The van der Waals surface area contributed by atoms with E-state index in [2.05, 4.69) is 16.0 Å². The van der Waals surface area contributed by atoms with E-state index in [0.717, 1.165) is 22.3 Å². The molecule has 0 fully saturated rings. The molecule has 0 unspecified atom stereocenters. The molecular weight excluding hydrogens is 625 g/mol. The fraction of sp³-hybridized carbons (Fsp3) is 0.341. The van der Waals surface area contributed by atoms with Crippen molar-refractivity contribution in [2.24, 2.45) is 11.8 Å². The molecule has 0 heterocycles. The maximum atomic E-state index is 13.8. The summed E-state index contributed by atoms with van der Waals surface area (Å²) in [6.45, 7) is 8.59. The first kappa shape index (κ1) is 37.8. The van der Waals surface area contributed by atoms with E-state index in [-0.39, 0.29) is 30.6 Å². The third-order valence-electron chi connectivity index (χ3n) is 8.07. The lowest BCUT2D eigenvalue weighted by Gasteiger charge is -2.27. The SMILES string of the molecule is [B][C@H](CC(C)C)NC(=O)[C@@H](NC(=O)[C@H](Cc1ccc(OCc2ccccc2)cc1)NC(=O)Cc1cccc(OCc2ccccc2)c1)C(C)C. The minimum atomic E-state index is -0.950. The second-order valence-corrected chi connectivity index (χ2v) is 13.3. The van der Waals surface area contributed by atoms with Crippen molar-refractivity contribution >= 4 is 25.6 Å². The van der Waals surface area contributed by atoms with E-state index in [1.807, 2.05) is 137 Å². The van der Waals surface area contributed by atoms with Crippen molar-refractivity contribution < 1.29 is 23.9 Å². The molecule has 0 aliphatic heterocycles. The zero-order valence-corrected chi connectivity index (χ0v) is 29.4. The molecule has 0 spiro atoms. The monoisotopic (exact) mass is 673 g/mol. The van der Waals surface area contributed by atoms with Crippen LogP contribution in [0, 0.1) is 11.8 Å². The Kier molecular flexibility index (Phi) is 14.5. The van der Waals surface area contributed by atoms with Crippen molar-refractivity contribution in [1.82, 2.24) is 16.0 Å². The molecule has 0 saturated carbocycles. The van der Waals surface area contributed by atoms with Crippen molar-refractivity contribution in [3.8, 4) is 11.5 Å². The standard InChI is InChI=1S/C41H48BN3O5/c1-28(2)22-37(42)44-41(48)39(29(3)4)45-40(47)36(24-30-18-20-34(21-19-30)49-26-31-12-7-5-8-13-31)43-38(46)25-33-16-11-17-35(23-33)50-27-32-14-9-6-10-15-32/h5-21,23,28-29,36-37,39H,22,24-27H2,1-4H3,(H,43,46)(H,44,48)(H,45,47)/t36-,37-,39-/m0/s1. The van der Waals surface area contributed by atoms with Gasteiger partial charge < -0.3 is 25.4 Å². The van der Waals surface area contributed by atoms with Gasteiger partial charge in [-0.15, -0.1) is 0 Å². The maximum absolute atomic E-state index is 13.8. The quantitative estimate of drug-likeness (QED) is 0.114. The molecule has 3 atom stereocenters. The van der Waals surface area contributed by atoms with Crippen molar-refractivity contribution in [2.75, 3.05) is 0 Å². The molecule has 0 saturated heterocycles. The summed E-state index contributed by atoms with van der Waals surface area (Å²) in [7, 11) is 6.15. The minimum absolute atomic E-state index is 0.0384. The number of benzene rings is 4. The number of hydrogen-bond acceptors (Lipinski definition) is 5. The molecule has 260 valence electrons. The number of hydrogen-bond donors (Lipinski definition) is 3. The summed E-state index contributed by atoms with van der Waals surface area (Å²) in [5.74, 6) is -0.295. The molecule has 8 nitrogen and oxygen atoms in total. The third-order valence-corrected chi connectivity index (χ3v) is 8.07. The summed E-state index contributed by atoms with van der Waals surface area (Å²) < 4.78 is 11.9. The molecule has 50 heavy (non-hydrogen) atoms. The molecule has 0 aliphatic rings. The van der Waals surface area contributed by atoms with E-state index in [0.29, 0.717) is 37.1 Å². The summed E-state index contributed by atoms with van der Waals surface area (Å²) in [4.78, 5) is 40.5. The summed E-state index contributed by atoms with van der Waals surface area (Å²) in [6, 6.07) is 32.7. The fourth-order valence-electron chi connectivity index (χ4n) is 5.45. The third kappa shape index (κ3) is 12.8. The number of amides is 3. The molecule has 2 radical (unpaired) electrons. The molecular formula is C41H48BN3O5. The Labute approximate surface area is 297 Å². The molecule has 4 rings (SSSR count). The Morgan fingerprint density at radius 3 is 1.78 bits per heavy atom. The Morgan fingerprint density at radius 1 is 0.620 bits per heavy atom. The topological polar surface area (TPSA) is 106 Å². The largest absolute Gasteiger partial charge is 0.489 e. The van der Waals surface area contributed by atoms with Gasteiger partial charge in [0.25, 0.3) is 0 Å². The van der Waals surface area contributed by atoms with Crippen LogP contribution < -0.4 is 25.4 Å².